The van der Waals surface area contributed by atoms with Crippen molar-refractivity contribution in [1.82, 2.24) is 0 Å². The molecule has 0 radical (unpaired) electrons. The van der Waals surface area contributed by atoms with Crippen LogP contribution in [0.15, 0.2) is 28.2 Å². The molecule has 0 fully saturated rings. The van der Waals surface area contributed by atoms with Crippen molar-refractivity contribution in [3.63, 3.8) is 0 Å². The molecule has 0 amide bonds. The van der Waals surface area contributed by atoms with E-state index < -0.39 is 11.8 Å². The lowest BCUT2D eigenvalue weighted by atomic mass is 10.0. The lowest BCUT2D eigenvalue weighted by Crippen LogP contribution is -2.09. The van der Waals surface area contributed by atoms with Crippen LogP contribution in [0.1, 0.15) is 38.2 Å². The molecule has 154 valence electrons. The first kappa shape index (κ1) is 23.3. The quantitative estimate of drug-likeness (QED) is 0.321. The molecule has 0 aliphatic carbocycles. The SMILES string of the molecule is CCOC(=O)c1sc(CC(=O)/C(C#N)=C/c2ccc(N(C)C)c(Br)c2)c(C#N)c1C. The molecular formula is C22H20BrN3O3S. The average molecular weight is 486 g/mol. The fourth-order valence-electron chi connectivity index (χ4n) is 2.79. The molecule has 2 aromatic rings. The van der Waals surface area contributed by atoms with E-state index in [0.29, 0.717) is 20.9 Å². The van der Waals surface area contributed by atoms with Crippen LogP contribution in [-0.4, -0.2) is 32.5 Å². The van der Waals surface area contributed by atoms with Gasteiger partial charge in [-0.1, -0.05) is 6.07 Å². The number of thiophene rings is 1. The van der Waals surface area contributed by atoms with Crippen molar-refractivity contribution < 1.29 is 14.3 Å². The average Bonchev–Trinajstić information content (AvgIpc) is 3.01. The van der Waals surface area contributed by atoms with Crippen LogP contribution >= 0.6 is 27.3 Å². The van der Waals surface area contributed by atoms with Gasteiger partial charge in [0.15, 0.2) is 5.78 Å². The molecule has 0 saturated carbocycles. The predicted octanol–water partition coefficient (Wildman–Crippen LogP) is 4.65. The second-order valence-electron chi connectivity index (χ2n) is 6.56. The minimum absolute atomic E-state index is 0.0212. The summed E-state index contributed by atoms with van der Waals surface area (Å²) in [7, 11) is 3.83. The summed E-state index contributed by atoms with van der Waals surface area (Å²) in [6.45, 7) is 3.57. The fourth-order valence-corrected chi connectivity index (χ4v) is 4.69. The van der Waals surface area contributed by atoms with Gasteiger partial charge in [-0.05, 0) is 59.1 Å². The Bertz CT molecular complexity index is 1100. The number of allylic oxidation sites excluding steroid dienone is 1. The summed E-state index contributed by atoms with van der Waals surface area (Å²) in [5.74, 6) is -0.935. The van der Waals surface area contributed by atoms with Crippen molar-refractivity contribution >= 4 is 50.8 Å². The van der Waals surface area contributed by atoms with Gasteiger partial charge in [-0.2, -0.15) is 10.5 Å². The summed E-state index contributed by atoms with van der Waals surface area (Å²) in [6.07, 6.45) is 1.38. The van der Waals surface area contributed by atoms with E-state index in [9.17, 15) is 20.1 Å². The number of hydrogen-bond acceptors (Lipinski definition) is 7. The molecule has 0 unspecified atom stereocenters. The van der Waals surface area contributed by atoms with Gasteiger partial charge < -0.3 is 9.64 Å². The Morgan fingerprint density at radius 1 is 1.30 bits per heavy atom. The number of nitrogens with zero attached hydrogens (tertiary/aromatic N) is 3. The second kappa shape index (κ2) is 10.2. The van der Waals surface area contributed by atoms with Gasteiger partial charge in [0.05, 0.1) is 23.4 Å². The van der Waals surface area contributed by atoms with Crippen LogP contribution in [0.4, 0.5) is 5.69 Å². The van der Waals surface area contributed by atoms with E-state index in [4.69, 9.17) is 4.74 Å². The zero-order valence-electron chi connectivity index (χ0n) is 17.1. The van der Waals surface area contributed by atoms with E-state index in [1.54, 1.807) is 13.8 Å². The maximum Gasteiger partial charge on any atom is 0.348 e. The number of Topliss-reactive ketones (excluding diaryl/α,β-unsaturated/α-hetero) is 1. The highest BCUT2D eigenvalue weighted by Crippen LogP contribution is 2.30. The standard InChI is InChI=1S/C22H20BrN3O3S/c1-5-29-22(28)21-13(2)16(12-25)20(30-21)10-19(27)15(11-24)8-14-6-7-18(26(3)4)17(23)9-14/h6-9H,5,10H2,1-4H3/b15-8+. The zero-order chi connectivity index (χ0) is 22.4. The van der Waals surface area contributed by atoms with Gasteiger partial charge in [0.1, 0.15) is 17.0 Å². The number of benzene rings is 1. The molecule has 6 nitrogen and oxygen atoms in total. The van der Waals surface area contributed by atoms with Crippen molar-refractivity contribution in [2.45, 2.75) is 20.3 Å². The minimum Gasteiger partial charge on any atom is -0.462 e. The maximum atomic E-state index is 12.8. The Hall–Kier alpha value is -2.94. The van der Waals surface area contributed by atoms with Crippen LogP contribution in [0.25, 0.3) is 6.08 Å². The van der Waals surface area contributed by atoms with E-state index in [1.807, 2.05) is 43.3 Å². The number of halogens is 1. The summed E-state index contributed by atoms with van der Waals surface area (Å²) in [4.78, 5) is 27.6. The Labute approximate surface area is 188 Å². The Morgan fingerprint density at radius 2 is 2.00 bits per heavy atom. The van der Waals surface area contributed by atoms with Crippen LogP contribution in [0.5, 0.6) is 0 Å². The molecule has 1 aromatic carbocycles. The fraction of sp³-hybridized carbons (Fsp3) is 0.273. The Balaban J connectivity index is 2.34. The Morgan fingerprint density at radius 3 is 2.53 bits per heavy atom. The highest BCUT2D eigenvalue weighted by atomic mass is 79.9. The van der Waals surface area contributed by atoms with Crippen LogP contribution < -0.4 is 4.90 Å². The molecule has 0 bridgehead atoms. The Kier molecular flexibility index (Phi) is 7.93. The molecule has 0 aliphatic heterocycles. The number of carbonyl (C=O) groups excluding carboxylic acids is 2. The van der Waals surface area contributed by atoms with Crippen LogP contribution in [0, 0.1) is 29.6 Å². The third-order valence-corrected chi connectivity index (χ3v) is 6.21. The lowest BCUT2D eigenvalue weighted by Gasteiger charge is -2.14. The van der Waals surface area contributed by atoms with Crippen LogP contribution in [0.3, 0.4) is 0 Å². The lowest BCUT2D eigenvalue weighted by molar-refractivity contribution is -0.114. The van der Waals surface area contributed by atoms with Gasteiger partial charge in [-0.3, -0.25) is 4.79 Å². The zero-order valence-corrected chi connectivity index (χ0v) is 19.5. The molecule has 0 spiro atoms. The number of esters is 1. The first-order valence-corrected chi connectivity index (χ1v) is 10.7. The first-order valence-electron chi connectivity index (χ1n) is 9.04. The van der Waals surface area contributed by atoms with E-state index in [-0.39, 0.29) is 24.2 Å². The smallest absolute Gasteiger partial charge is 0.348 e. The molecule has 0 saturated heterocycles. The van der Waals surface area contributed by atoms with Crippen LogP contribution in [-0.2, 0) is 16.0 Å². The number of hydrogen-bond donors (Lipinski definition) is 0. The van der Waals surface area contributed by atoms with Gasteiger partial charge in [0.2, 0.25) is 0 Å². The van der Waals surface area contributed by atoms with Gasteiger partial charge in [-0.15, -0.1) is 11.3 Å². The normalized spacial score (nSPS) is 10.8. The summed E-state index contributed by atoms with van der Waals surface area (Å²) in [5.41, 5.74) is 2.43. The van der Waals surface area contributed by atoms with E-state index in [0.717, 1.165) is 21.5 Å². The molecule has 8 heteroatoms. The van der Waals surface area contributed by atoms with E-state index in [1.165, 1.54) is 6.08 Å². The molecule has 0 N–H and O–H groups in total. The van der Waals surface area contributed by atoms with Crippen molar-refractivity contribution in [3.8, 4) is 12.1 Å². The van der Waals surface area contributed by atoms with E-state index >= 15 is 0 Å². The number of rotatable bonds is 7. The molecule has 2 rings (SSSR count). The highest BCUT2D eigenvalue weighted by Gasteiger charge is 2.23. The van der Waals surface area contributed by atoms with Gasteiger partial charge >= 0.3 is 5.97 Å². The summed E-state index contributed by atoms with van der Waals surface area (Å²) < 4.78 is 5.86. The molecule has 0 atom stereocenters. The first-order chi connectivity index (χ1) is 14.2. The van der Waals surface area contributed by atoms with Gasteiger partial charge in [0.25, 0.3) is 0 Å². The highest BCUT2D eigenvalue weighted by molar-refractivity contribution is 9.10. The van der Waals surface area contributed by atoms with Crippen molar-refractivity contribution in [2.24, 2.45) is 0 Å². The minimum atomic E-state index is -0.517. The van der Waals surface area contributed by atoms with Crippen molar-refractivity contribution in [2.75, 3.05) is 25.6 Å². The number of anilines is 1. The third kappa shape index (κ3) is 5.15. The largest absolute Gasteiger partial charge is 0.462 e. The predicted molar refractivity (Wildman–Crippen MR) is 120 cm³/mol. The molecule has 1 aromatic heterocycles. The second-order valence-corrected chi connectivity index (χ2v) is 8.52. The number of ketones is 1. The van der Waals surface area contributed by atoms with Gasteiger partial charge in [0, 0.05) is 29.9 Å². The summed E-state index contributed by atoms with van der Waals surface area (Å²) in [5, 5.41) is 19.0. The van der Waals surface area contributed by atoms with E-state index in [2.05, 4.69) is 22.0 Å². The van der Waals surface area contributed by atoms with Crippen molar-refractivity contribution in [1.29, 1.82) is 10.5 Å². The maximum absolute atomic E-state index is 12.8. The van der Waals surface area contributed by atoms with Crippen molar-refractivity contribution in [3.05, 3.63) is 54.7 Å². The molecule has 1 heterocycles. The van der Waals surface area contributed by atoms with Gasteiger partial charge in [-0.25, -0.2) is 4.79 Å². The molecule has 0 aliphatic rings. The number of ether oxygens (including phenoxy) is 1. The number of carbonyl (C=O) groups is 2. The topological polar surface area (TPSA) is 94.2 Å². The third-order valence-electron chi connectivity index (χ3n) is 4.30. The summed E-state index contributed by atoms with van der Waals surface area (Å²) in [6, 6.07) is 9.53. The molecular weight excluding hydrogens is 466 g/mol. The van der Waals surface area contributed by atoms with Crippen LogP contribution in [0.2, 0.25) is 0 Å². The number of nitriles is 2. The molecule has 30 heavy (non-hydrogen) atoms. The summed E-state index contributed by atoms with van der Waals surface area (Å²) >= 11 is 4.55. The monoisotopic (exact) mass is 485 g/mol.